The monoisotopic (exact) mass is 401 g/mol. The molecular weight excluding hydrogens is 378 g/mol. The van der Waals surface area contributed by atoms with Crippen LogP contribution >= 0.6 is 11.8 Å². The largest absolute Gasteiger partial charge is 0.488 e. The van der Waals surface area contributed by atoms with Gasteiger partial charge in [-0.05, 0) is 49.1 Å². The van der Waals surface area contributed by atoms with Gasteiger partial charge in [-0.15, -0.1) is 0 Å². The van der Waals surface area contributed by atoms with Crippen molar-refractivity contribution in [3.8, 4) is 17.2 Å². The molecule has 4 atom stereocenters. The van der Waals surface area contributed by atoms with Crippen LogP contribution in [0.5, 0.6) is 17.2 Å². The molecule has 2 aromatic rings. The van der Waals surface area contributed by atoms with E-state index in [1.54, 1.807) is 11.8 Å². The fraction of sp³-hybridized carbons (Fsp3) is 0.500. The molecule has 28 heavy (non-hydrogen) atoms. The summed E-state index contributed by atoms with van der Waals surface area (Å²) in [7, 11) is 0. The Morgan fingerprint density at radius 3 is 2.82 bits per heavy atom. The van der Waals surface area contributed by atoms with Crippen LogP contribution in [-0.4, -0.2) is 53.4 Å². The molecule has 3 heterocycles. The number of hydrogen-bond donors (Lipinski definition) is 1. The summed E-state index contributed by atoms with van der Waals surface area (Å²) >= 11 is 1.55. The van der Waals surface area contributed by atoms with Gasteiger partial charge in [0.2, 0.25) is 6.79 Å². The minimum Gasteiger partial charge on any atom is -0.488 e. The highest BCUT2D eigenvalue weighted by Crippen LogP contribution is 2.41. The van der Waals surface area contributed by atoms with E-state index in [4.69, 9.17) is 14.2 Å². The number of hydrogen-bond acceptors (Lipinski definition) is 8. The van der Waals surface area contributed by atoms with Crippen molar-refractivity contribution in [3.63, 3.8) is 0 Å². The van der Waals surface area contributed by atoms with Crippen LogP contribution in [0.1, 0.15) is 12.8 Å². The second kappa shape index (κ2) is 7.33. The first-order chi connectivity index (χ1) is 13.7. The Labute approximate surface area is 168 Å². The maximum atomic E-state index is 10.7. The van der Waals surface area contributed by atoms with E-state index < -0.39 is 6.10 Å². The molecule has 0 unspecified atom stereocenters. The number of aliphatic hydroxyl groups excluding tert-OH is 1. The molecule has 1 N–H and O–H groups in total. The quantitative estimate of drug-likeness (QED) is 0.619. The van der Waals surface area contributed by atoms with Crippen molar-refractivity contribution in [1.29, 1.82) is 0 Å². The Morgan fingerprint density at radius 2 is 1.96 bits per heavy atom. The lowest BCUT2D eigenvalue weighted by Gasteiger charge is -2.35. The molecule has 0 spiro atoms. The maximum Gasteiger partial charge on any atom is 0.231 e. The first-order valence-electron chi connectivity index (χ1n) is 9.56. The molecule has 148 valence electrons. The SMILES string of the molecule is CSc1nccc(N2C[C@H]3C[C@@H](Oc4ccc5c(c4)OCO5)[C@H](O)C[C@H]3C2)n1. The topological polar surface area (TPSA) is 76.9 Å². The van der Waals surface area contributed by atoms with E-state index in [1.807, 2.05) is 36.7 Å². The Bertz CT molecular complexity index is 867. The van der Waals surface area contributed by atoms with Gasteiger partial charge in [-0.1, -0.05) is 11.8 Å². The van der Waals surface area contributed by atoms with E-state index in [9.17, 15) is 5.11 Å². The summed E-state index contributed by atoms with van der Waals surface area (Å²) in [5, 5.41) is 11.5. The molecule has 2 aliphatic heterocycles. The van der Waals surface area contributed by atoms with Crippen molar-refractivity contribution >= 4 is 17.6 Å². The van der Waals surface area contributed by atoms with Gasteiger partial charge in [-0.25, -0.2) is 9.97 Å². The summed E-state index contributed by atoms with van der Waals surface area (Å²) in [5.74, 6) is 4.05. The van der Waals surface area contributed by atoms with Crippen LogP contribution in [-0.2, 0) is 0 Å². The van der Waals surface area contributed by atoms with Gasteiger partial charge in [0.25, 0.3) is 0 Å². The van der Waals surface area contributed by atoms with Crippen LogP contribution in [0.3, 0.4) is 0 Å². The Kier molecular flexibility index (Phi) is 4.68. The number of benzene rings is 1. The first kappa shape index (κ1) is 17.9. The van der Waals surface area contributed by atoms with Gasteiger partial charge in [0.1, 0.15) is 17.7 Å². The first-order valence-corrected chi connectivity index (χ1v) is 10.8. The number of aliphatic hydroxyl groups is 1. The fourth-order valence-corrected chi connectivity index (χ4v) is 4.79. The second-order valence-corrected chi connectivity index (χ2v) is 8.31. The van der Waals surface area contributed by atoms with Crippen molar-refractivity contribution in [1.82, 2.24) is 9.97 Å². The number of aromatic nitrogens is 2. The summed E-state index contributed by atoms with van der Waals surface area (Å²) < 4.78 is 16.9. The normalized spacial score (nSPS) is 28.3. The van der Waals surface area contributed by atoms with Crippen molar-refractivity contribution in [2.75, 3.05) is 31.0 Å². The highest BCUT2D eigenvalue weighted by atomic mass is 32.2. The van der Waals surface area contributed by atoms with Crippen molar-refractivity contribution < 1.29 is 19.3 Å². The third-order valence-electron chi connectivity index (χ3n) is 5.84. The van der Waals surface area contributed by atoms with Gasteiger partial charge in [0, 0.05) is 25.4 Å². The third-order valence-corrected chi connectivity index (χ3v) is 6.40. The van der Waals surface area contributed by atoms with Crippen LogP contribution in [0, 0.1) is 11.8 Å². The van der Waals surface area contributed by atoms with E-state index in [-0.39, 0.29) is 12.9 Å². The average Bonchev–Trinajstić information content (AvgIpc) is 3.34. The molecule has 0 amide bonds. The van der Waals surface area contributed by atoms with Gasteiger partial charge < -0.3 is 24.2 Å². The summed E-state index contributed by atoms with van der Waals surface area (Å²) in [4.78, 5) is 11.2. The van der Waals surface area contributed by atoms with E-state index >= 15 is 0 Å². The molecule has 0 radical (unpaired) electrons. The zero-order chi connectivity index (χ0) is 19.1. The molecule has 1 aliphatic carbocycles. The minimum absolute atomic E-state index is 0.214. The van der Waals surface area contributed by atoms with E-state index in [0.717, 1.165) is 42.7 Å². The molecule has 0 bridgehead atoms. The molecule has 7 nitrogen and oxygen atoms in total. The Hall–Kier alpha value is -2.19. The number of anilines is 1. The molecule has 1 aromatic carbocycles. The number of thioether (sulfide) groups is 1. The Balaban J connectivity index is 1.27. The summed E-state index contributed by atoms with van der Waals surface area (Å²) in [6, 6.07) is 7.53. The number of rotatable bonds is 4. The number of nitrogens with zero attached hydrogens (tertiary/aromatic N) is 3. The summed E-state index contributed by atoms with van der Waals surface area (Å²) in [5.41, 5.74) is 0. The van der Waals surface area contributed by atoms with Crippen LogP contribution in [0.25, 0.3) is 0 Å². The van der Waals surface area contributed by atoms with Crippen molar-refractivity contribution in [2.24, 2.45) is 11.8 Å². The lowest BCUT2D eigenvalue weighted by molar-refractivity contribution is -0.0232. The predicted molar refractivity (Wildman–Crippen MR) is 105 cm³/mol. The van der Waals surface area contributed by atoms with Gasteiger partial charge in [-0.2, -0.15) is 0 Å². The second-order valence-electron chi connectivity index (χ2n) is 7.54. The van der Waals surface area contributed by atoms with Gasteiger partial charge in [0.05, 0.1) is 6.10 Å². The smallest absolute Gasteiger partial charge is 0.231 e. The lowest BCUT2D eigenvalue weighted by Crippen LogP contribution is -2.42. The summed E-state index contributed by atoms with van der Waals surface area (Å²) in [6.07, 6.45) is 4.69. The number of fused-ring (bicyclic) bond motifs is 2. The van der Waals surface area contributed by atoms with Gasteiger partial charge >= 0.3 is 0 Å². The highest BCUT2D eigenvalue weighted by Gasteiger charge is 2.43. The van der Waals surface area contributed by atoms with Crippen LogP contribution < -0.4 is 19.1 Å². The van der Waals surface area contributed by atoms with E-state index in [1.165, 1.54) is 0 Å². The van der Waals surface area contributed by atoms with Crippen molar-refractivity contribution in [2.45, 2.75) is 30.2 Å². The maximum absolute atomic E-state index is 10.7. The fourth-order valence-electron chi connectivity index (χ4n) is 4.44. The summed E-state index contributed by atoms with van der Waals surface area (Å²) in [6.45, 7) is 2.10. The molecule has 1 saturated carbocycles. The molecule has 1 saturated heterocycles. The minimum atomic E-state index is -0.473. The molecule has 2 fully saturated rings. The third kappa shape index (κ3) is 3.35. The van der Waals surface area contributed by atoms with Crippen molar-refractivity contribution in [3.05, 3.63) is 30.5 Å². The van der Waals surface area contributed by atoms with Crippen LogP contribution in [0.15, 0.2) is 35.6 Å². The average molecular weight is 401 g/mol. The molecule has 8 heteroatoms. The highest BCUT2D eigenvalue weighted by molar-refractivity contribution is 7.98. The molecular formula is C20H23N3O4S. The molecule has 5 rings (SSSR count). The lowest BCUT2D eigenvalue weighted by atomic mass is 9.78. The van der Waals surface area contributed by atoms with E-state index in [0.29, 0.717) is 23.3 Å². The molecule has 3 aliphatic rings. The Morgan fingerprint density at radius 1 is 1.14 bits per heavy atom. The van der Waals surface area contributed by atoms with Gasteiger partial charge in [-0.3, -0.25) is 0 Å². The zero-order valence-electron chi connectivity index (χ0n) is 15.7. The van der Waals surface area contributed by atoms with Gasteiger partial charge in [0.15, 0.2) is 16.7 Å². The molecule has 1 aromatic heterocycles. The zero-order valence-corrected chi connectivity index (χ0v) is 16.5. The predicted octanol–water partition coefficient (Wildman–Crippen LogP) is 2.58. The number of ether oxygens (including phenoxy) is 3. The van der Waals surface area contributed by atoms with E-state index in [2.05, 4.69) is 14.9 Å². The van der Waals surface area contributed by atoms with Crippen LogP contribution in [0.2, 0.25) is 0 Å². The standard InChI is InChI=1S/C20H23N3O4S/c1-28-20-21-5-4-19(22-20)23-9-12-6-15(24)17(7-13(12)10-23)27-14-2-3-16-18(8-14)26-11-25-16/h2-5,8,12-13,15,17,24H,6-7,9-11H2,1H3/t12-,13+,15+,17+/m0/s1. The van der Waals surface area contributed by atoms with Crippen LogP contribution in [0.4, 0.5) is 5.82 Å².